The number of alkyl halides is 3. The topological polar surface area (TPSA) is 115 Å². The van der Waals surface area contributed by atoms with Crippen molar-refractivity contribution in [3.8, 4) is 16.9 Å². The van der Waals surface area contributed by atoms with Crippen molar-refractivity contribution in [3.63, 3.8) is 0 Å². The largest absolute Gasteiger partial charge is 0.496 e. The molecule has 2 saturated heterocycles. The quantitative estimate of drug-likeness (QED) is 0.134. The average molecular weight is 749 g/mol. The highest BCUT2D eigenvalue weighted by molar-refractivity contribution is 6.35. The highest BCUT2D eigenvalue weighted by atomic mass is 35.5. The third-order valence-corrected chi connectivity index (χ3v) is 10.2. The Labute approximate surface area is 310 Å². The van der Waals surface area contributed by atoms with Gasteiger partial charge in [0, 0.05) is 55.7 Å². The van der Waals surface area contributed by atoms with Crippen molar-refractivity contribution in [1.82, 2.24) is 14.8 Å². The molecule has 3 N–H and O–H groups in total. The summed E-state index contributed by atoms with van der Waals surface area (Å²) >= 11 is 6.90. The molecule has 0 spiro atoms. The number of hydrogen-bond donors (Lipinski definition) is 3. The Hall–Kier alpha value is -4.75. The van der Waals surface area contributed by atoms with Crippen molar-refractivity contribution in [2.75, 3.05) is 38.6 Å². The van der Waals surface area contributed by atoms with Crippen molar-refractivity contribution >= 4 is 41.3 Å². The number of carboxylic acid groups (broad SMARTS) is 1. The van der Waals surface area contributed by atoms with E-state index in [2.05, 4.69) is 15.2 Å². The molecule has 1 amide bonds. The number of aliphatic carboxylic acids is 1. The number of ether oxygens (including phenoxy) is 1. The second-order valence-corrected chi connectivity index (χ2v) is 13.9. The molecule has 278 valence electrons. The molecule has 3 heterocycles. The number of aliphatic hydroxyl groups excluding tert-OH is 1. The Morgan fingerprint density at radius 2 is 1.70 bits per heavy atom. The number of aliphatic hydroxyl groups is 1. The first-order valence-corrected chi connectivity index (χ1v) is 17.6. The summed E-state index contributed by atoms with van der Waals surface area (Å²) in [6.45, 7) is 4.75. The zero-order chi connectivity index (χ0) is 37.9. The second kappa shape index (κ2) is 16.1. The van der Waals surface area contributed by atoms with Gasteiger partial charge >= 0.3 is 12.1 Å². The van der Waals surface area contributed by atoms with Crippen molar-refractivity contribution in [2.45, 2.75) is 45.1 Å². The fourth-order valence-corrected chi connectivity index (χ4v) is 7.23. The molecule has 53 heavy (non-hydrogen) atoms. The van der Waals surface area contributed by atoms with Crippen LogP contribution in [0.2, 0.25) is 5.02 Å². The number of methoxy groups -OCH3 is 1. The molecule has 2 fully saturated rings. The number of benzene rings is 3. The Bertz CT molecular complexity index is 2020. The average Bonchev–Trinajstić information content (AvgIpc) is 3.77. The first-order chi connectivity index (χ1) is 25.3. The van der Waals surface area contributed by atoms with Crippen LogP contribution < -0.4 is 10.1 Å². The van der Waals surface area contributed by atoms with E-state index in [0.717, 1.165) is 35.7 Å². The predicted molar refractivity (Wildman–Crippen MR) is 198 cm³/mol. The van der Waals surface area contributed by atoms with E-state index in [-0.39, 0.29) is 42.1 Å². The van der Waals surface area contributed by atoms with Crippen molar-refractivity contribution in [1.29, 1.82) is 0 Å². The van der Waals surface area contributed by atoms with Gasteiger partial charge < -0.3 is 20.3 Å². The molecular formula is C40H40ClF3N4O5. The van der Waals surface area contributed by atoms with Crippen molar-refractivity contribution in [2.24, 2.45) is 5.92 Å². The van der Waals surface area contributed by atoms with Crippen molar-refractivity contribution in [3.05, 3.63) is 111 Å². The monoisotopic (exact) mass is 748 g/mol. The molecule has 0 saturated carbocycles. The number of aromatic nitrogens is 1. The summed E-state index contributed by atoms with van der Waals surface area (Å²) in [5, 5.41) is 22.4. The van der Waals surface area contributed by atoms with E-state index in [1.54, 1.807) is 42.6 Å². The van der Waals surface area contributed by atoms with Gasteiger partial charge in [-0.25, -0.2) is 0 Å². The summed E-state index contributed by atoms with van der Waals surface area (Å²) in [5.74, 6) is -1.60. The van der Waals surface area contributed by atoms with Gasteiger partial charge in [-0.2, -0.15) is 13.2 Å². The van der Waals surface area contributed by atoms with Gasteiger partial charge in [0.05, 0.1) is 29.7 Å². The van der Waals surface area contributed by atoms with E-state index >= 15 is 0 Å². The number of β-amino-alcohol motifs (C(OH)–C–C–N with tert-alkyl or cyclic N) is 1. The van der Waals surface area contributed by atoms with Gasteiger partial charge in [0.1, 0.15) is 11.4 Å². The molecule has 2 aliphatic rings. The molecule has 6 rings (SSSR count). The van der Waals surface area contributed by atoms with Crippen LogP contribution in [0.3, 0.4) is 0 Å². The van der Waals surface area contributed by atoms with Gasteiger partial charge in [-0.3, -0.25) is 24.4 Å². The number of halogens is 4. The normalized spacial score (nSPS) is 18.2. The van der Waals surface area contributed by atoms with Crippen LogP contribution in [0, 0.1) is 12.8 Å². The molecule has 1 aromatic heterocycles. The lowest BCUT2D eigenvalue weighted by Gasteiger charge is -2.20. The molecule has 0 radical (unpaired) electrons. The summed E-state index contributed by atoms with van der Waals surface area (Å²) < 4.78 is 48.6. The maximum absolute atomic E-state index is 14.4. The van der Waals surface area contributed by atoms with E-state index in [4.69, 9.17) is 16.3 Å². The third kappa shape index (κ3) is 8.90. The summed E-state index contributed by atoms with van der Waals surface area (Å²) in [6, 6.07) is 16.6. The minimum atomic E-state index is -4.67. The minimum absolute atomic E-state index is 0.109. The number of nitrogens with one attached hydrogen (secondary N) is 1. The Morgan fingerprint density at radius 1 is 0.981 bits per heavy atom. The molecule has 2 aliphatic heterocycles. The molecule has 0 bridgehead atoms. The number of likely N-dealkylation sites (tertiary alicyclic amines) is 2. The Kier molecular flexibility index (Phi) is 11.5. The van der Waals surface area contributed by atoms with Crippen LogP contribution >= 0.6 is 11.6 Å². The number of nitrogens with zero attached hydrogens (tertiary/aromatic N) is 3. The summed E-state index contributed by atoms with van der Waals surface area (Å²) in [7, 11) is 1.39. The Morgan fingerprint density at radius 3 is 2.36 bits per heavy atom. The summed E-state index contributed by atoms with van der Waals surface area (Å²) in [6.07, 6.45) is 0.731. The fourth-order valence-electron chi connectivity index (χ4n) is 6.94. The smallest absolute Gasteiger partial charge is 0.417 e. The van der Waals surface area contributed by atoms with E-state index < -0.39 is 23.6 Å². The fraction of sp³-hybridized carbons (Fsp3) is 0.325. The number of hydrogen-bond acceptors (Lipinski definition) is 7. The number of carboxylic acids is 1. The standard InChI is InChI=1S/C40H40ClF3N4O5/c1-24-31(6-4-8-34(24)46-38(50)35-12-9-25(19-45-35)20-47-16-14-30(49)23-47)32-7-3-5-26(37(32)41)10-11-27-18-36(53-2)29(17-33(27)40(42,43)44)22-48-15-13-28(21-48)39(51)52/h3-12,17-19,28,30,49H,13-16,20-23H2,1-2H3,(H,46,50)(H,51,52)/b11-10+/t28-,30-/m1/s1. The number of rotatable bonds is 11. The first kappa shape index (κ1) is 38.0. The minimum Gasteiger partial charge on any atom is -0.496 e. The molecule has 13 heteroatoms. The van der Waals surface area contributed by atoms with E-state index in [1.165, 1.54) is 25.3 Å². The highest BCUT2D eigenvalue weighted by Gasteiger charge is 2.35. The van der Waals surface area contributed by atoms with Crippen LogP contribution in [-0.2, 0) is 24.1 Å². The van der Waals surface area contributed by atoms with Gasteiger partial charge in [0.15, 0.2) is 0 Å². The number of anilines is 1. The SMILES string of the molecule is COc1cc(/C=C/c2cccc(-c3cccc(NC(=O)c4ccc(CN5CC[C@@H](O)C5)cn4)c3C)c2Cl)c(C(F)(F)F)cc1CN1CC[C@@H](C(=O)O)C1. The summed E-state index contributed by atoms with van der Waals surface area (Å²) in [5.41, 5.74) is 3.68. The molecule has 4 aromatic rings. The third-order valence-electron chi connectivity index (χ3n) is 9.83. The lowest BCUT2D eigenvalue weighted by atomic mass is 9.96. The lowest BCUT2D eigenvalue weighted by molar-refractivity contribution is -0.141. The maximum atomic E-state index is 14.4. The van der Waals surface area contributed by atoms with Crippen LogP contribution in [0.4, 0.5) is 18.9 Å². The zero-order valence-corrected chi connectivity index (χ0v) is 30.0. The summed E-state index contributed by atoms with van der Waals surface area (Å²) in [4.78, 5) is 32.9. The molecule has 0 aliphatic carbocycles. The van der Waals surface area contributed by atoms with Gasteiger partial charge in [0.25, 0.3) is 5.91 Å². The first-order valence-electron chi connectivity index (χ1n) is 17.3. The molecule has 2 atom stereocenters. The van der Waals surface area contributed by atoms with Crippen LogP contribution in [0.25, 0.3) is 23.3 Å². The van der Waals surface area contributed by atoms with E-state index in [1.807, 2.05) is 24.0 Å². The lowest BCUT2D eigenvalue weighted by Crippen LogP contribution is -2.23. The van der Waals surface area contributed by atoms with E-state index in [0.29, 0.717) is 53.5 Å². The van der Waals surface area contributed by atoms with E-state index in [9.17, 15) is 33.0 Å². The molecule has 0 unspecified atom stereocenters. The predicted octanol–water partition coefficient (Wildman–Crippen LogP) is 7.63. The Balaban J connectivity index is 1.21. The zero-order valence-electron chi connectivity index (χ0n) is 29.3. The van der Waals surface area contributed by atoms with Crippen LogP contribution in [0.1, 0.15) is 56.7 Å². The van der Waals surface area contributed by atoms with Gasteiger partial charge in [0.2, 0.25) is 0 Å². The maximum Gasteiger partial charge on any atom is 0.417 e. The second-order valence-electron chi connectivity index (χ2n) is 13.5. The number of pyridine rings is 1. The molecule has 9 nitrogen and oxygen atoms in total. The van der Waals surface area contributed by atoms with Crippen LogP contribution in [0.5, 0.6) is 5.75 Å². The molecule has 3 aromatic carbocycles. The van der Waals surface area contributed by atoms with Crippen LogP contribution in [0.15, 0.2) is 66.9 Å². The number of carbonyl (C=O) groups excluding carboxylic acids is 1. The molecular weight excluding hydrogens is 709 g/mol. The number of carbonyl (C=O) groups is 2. The van der Waals surface area contributed by atoms with Gasteiger partial charge in [-0.15, -0.1) is 0 Å². The van der Waals surface area contributed by atoms with Crippen LogP contribution in [-0.4, -0.2) is 76.3 Å². The highest BCUT2D eigenvalue weighted by Crippen LogP contribution is 2.39. The number of amides is 1. The van der Waals surface area contributed by atoms with Gasteiger partial charge in [-0.1, -0.05) is 60.2 Å². The van der Waals surface area contributed by atoms with Gasteiger partial charge in [-0.05, 0) is 78.4 Å². The van der Waals surface area contributed by atoms with Crippen molar-refractivity contribution < 1.29 is 37.7 Å².